The number of aromatic nitrogens is 2. The van der Waals surface area contributed by atoms with Gasteiger partial charge in [-0.15, -0.1) is 0 Å². The van der Waals surface area contributed by atoms with Crippen LogP contribution in [-0.4, -0.2) is 33.7 Å². The van der Waals surface area contributed by atoms with Crippen molar-refractivity contribution in [3.8, 4) is 5.75 Å². The first-order chi connectivity index (χ1) is 14.1. The molecule has 3 rings (SSSR count). The first-order valence-electron chi connectivity index (χ1n) is 8.98. The van der Waals surface area contributed by atoms with Gasteiger partial charge in [-0.2, -0.15) is 5.10 Å². The fourth-order valence-electron chi connectivity index (χ4n) is 2.71. The maximum atomic E-state index is 12.6. The van der Waals surface area contributed by atoms with E-state index in [-0.39, 0.29) is 15.5 Å². The molecule has 1 heterocycles. The Labute approximate surface area is 175 Å². The quantitative estimate of drug-likeness (QED) is 0.545. The van der Waals surface area contributed by atoms with E-state index in [9.17, 15) is 16.8 Å². The van der Waals surface area contributed by atoms with Crippen LogP contribution >= 0.6 is 0 Å². The molecule has 0 spiro atoms. The summed E-state index contributed by atoms with van der Waals surface area (Å²) in [6.07, 6.45) is 1.45. The normalized spacial score (nSPS) is 11.8. The molecular weight excluding hydrogens is 428 g/mol. The Morgan fingerprint density at radius 2 is 1.43 bits per heavy atom. The fourth-order valence-corrected chi connectivity index (χ4v) is 5.02. The van der Waals surface area contributed by atoms with E-state index in [0.29, 0.717) is 23.7 Å². The van der Waals surface area contributed by atoms with Gasteiger partial charge in [-0.05, 0) is 62.4 Å². The summed E-state index contributed by atoms with van der Waals surface area (Å²) in [4.78, 5) is 0.0680. The van der Waals surface area contributed by atoms with Gasteiger partial charge >= 0.3 is 0 Å². The molecule has 2 aromatic carbocycles. The zero-order valence-corrected chi connectivity index (χ0v) is 18.3. The Hall–Kier alpha value is -3.05. The lowest BCUT2D eigenvalue weighted by molar-refractivity contribution is 0.415. The number of aryl methyl sites for hydroxylation is 2. The van der Waals surface area contributed by atoms with Crippen LogP contribution in [0.1, 0.15) is 12.6 Å². The van der Waals surface area contributed by atoms with Crippen molar-refractivity contribution < 1.29 is 21.6 Å². The molecule has 1 aromatic heterocycles. The highest BCUT2D eigenvalue weighted by Gasteiger charge is 2.21. The molecule has 3 aromatic rings. The minimum Gasteiger partial charge on any atom is -0.497 e. The van der Waals surface area contributed by atoms with E-state index < -0.39 is 20.0 Å². The smallest absolute Gasteiger partial charge is 0.265 e. The summed E-state index contributed by atoms with van der Waals surface area (Å²) in [5, 5.41) is 4.14. The van der Waals surface area contributed by atoms with E-state index >= 15 is 0 Å². The van der Waals surface area contributed by atoms with Gasteiger partial charge in [0.2, 0.25) is 0 Å². The second-order valence-electron chi connectivity index (χ2n) is 6.40. The molecule has 2 N–H and O–H groups in total. The van der Waals surface area contributed by atoms with Crippen molar-refractivity contribution in [2.75, 3.05) is 16.6 Å². The molecular formula is C19H22N4O5S2. The molecule has 9 nitrogen and oxygen atoms in total. The topological polar surface area (TPSA) is 119 Å². The van der Waals surface area contributed by atoms with Gasteiger partial charge in [-0.3, -0.25) is 14.1 Å². The van der Waals surface area contributed by atoms with Crippen LogP contribution in [0.2, 0.25) is 0 Å². The van der Waals surface area contributed by atoms with E-state index in [4.69, 9.17) is 4.74 Å². The summed E-state index contributed by atoms with van der Waals surface area (Å²) in [6, 6.07) is 11.9. The van der Waals surface area contributed by atoms with Crippen LogP contribution in [0.3, 0.4) is 0 Å². The number of hydrogen-bond acceptors (Lipinski definition) is 6. The number of nitrogens with one attached hydrogen (secondary N) is 2. The Bertz CT molecular complexity index is 1230. The first-order valence-corrected chi connectivity index (χ1v) is 11.9. The largest absolute Gasteiger partial charge is 0.497 e. The summed E-state index contributed by atoms with van der Waals surface area (Å²) in [7, 11) is -6.16. The van der Waals surface area contributed by atoms with E-state index in [1.165, 1.54) is 42.3 Å². The van der Waals surface area contributed by atoms with Crippen LogP contribution < -0.4 is 14.2 Å². The van der Waals surface area contributed by atoms with Crippen LogP contribution in [0.15, 0.2) is 64.5 Å². The van der Waals surface area contributed by atoms with Crippen molar-refractivity contribution in [2.45, 2.75) is 30.2 Å². The Morgan fingerprint density at radius 3 is 1.93 bits per heavy atom. The molecule has 30 heavy (non-hydrogen) atoms. The van der Waals surface area contributed by atoms with E-state index in [2.05, 4.69) is 14.5 Å². The lowest BCUT2D eigenvalue weighted by atomic mass is 10.3. The molecule has 0 aliphatic carbocycles. The number of hydrogen-bond donors (Lipinski definition) is 2. The average Bonchev–Trinajstić information content (AvgIpc) is 3.10. The number of ether oxygens (including phenoxy) is 1. The van der Waals surface area contributed by atoms with Crippen molar-refractivity contribution in [2.24, 2.45) is 0 Å². The van der Waals surface area contributed by atoms with Crippen LogP contribution in [0.4, 0.5) is 11.4 Å². The third-order valence-electron chi connectivity index (χ3n) is 4.27. The third kappa shape index (κ3) is 4.74. The maximum Gasteiger partial charge on any atom is 0.265 e. The number of anilines is 2. The van der Waals surface area contributed by atoms with Gasteiger partial charge in [0, 0.05) is 24.1 Å². The van der Waals surface area contributed by atoms with Crippen LogP contribution in [-0.2, 0) is 26.6 Å². The molecule has 11 heteroatoms. The number of sulfonamides is 2. The van der Waals surface area contributed by atoms with E-state index in [1.807, 2.05) is 6.92 Å². The van der Waals surface area contributed by atoms with Crippen molar-refractivity contribution in [3.63, 3.8) is 0 Å². The summed E-state index contributed by atoms with van der Waals surface area (Å²) in [6.45, 7) is 4.01. The standard InChI is InChI=1S/C19H22N4O5S2/c1-4-23-13-19(14(2)20-23)30(26,27)22-16-7-11-18(12-8-16)29(24,25)21-15-5-9-17(28-3)10-6-15/h5-13,21-22H,4H2,1-3H3. The zero-order chi connectivity index (χ0) is 21.9. The summed E-state index contributed by atoms with van der Waals surface area (Å²) in [5.41, 5.74) is 0.998. The van der Waals surface area contributed by atoms with Gasteiger partial charge in [0.25, 0.3) is 20.0 Å². The van der Waals surface area contributed by atoms with Gasteiger partial charge in [0.05, 0.1) is 17.7 Å². The lowest BCUT2D eigenvalue weighted by Crippen LogP contribution is -2.15. The molecule has 0 saturated heterocycles. The fraction of sp³-hybridized carbons (Fsp3) is 0.211. The second-order valence-corrected chi connectivity index (χ2v) is 9.73. The highest BCUT2D eigenvalue weighted by atomic mass is 32.2. The molecule has 0 amide bonds. The summed E-state index contributed by atoms with van der Waals surface area (Å²) in [5.74, 6) is 0.606. The molecule has 160 valence electrons. The van der Waals surface area contributed by atoms with Crippen LogP contribution in [0.25, 0.3) is 0 Å². The number of benzene rings is 2. The molecule has 0 unspecified atom stereocenters. The Balaban J connectivity index is 1.77. The van der Waals surface area contributed by atoms with E-state index in [1.54, 1.807) is 31.2 Å². The Morgan fingerprint density at radius 1 is 0.900 bits per heavy atom. The van der Waals surface area contributed by atoms with Gasteiger partial charge in [-0.1, -0.05) is 0 Å². The zero-order valence-electron chi connectivity index (χ0n) is 16.7. The molecule has 0 radical (unpaired) electrons. The predicted octanol–water partition coefficient (Wildman–Crippen LogP) is 2.82. The summed E-state index contributed by atoms with van der Waals surface area (Å²) >= 11 is 0. The first kappa shape index (κ1) is 21.7. The monoisotopic (exact) mass is 450 g/mol. The minimum atomic E-state index is -3.85. The van der Waals surface area contributed by atoms with Crippen LogP contribution in [0.5, 0.6) is 5.75 Å². The van der Waals surface area contributed by atoms with Crippen molar-refractivity contribution in [1.82, 2.24) is 9.78 Å². The average molecular weight is 451 g/mol. The van der Waals surface area contributed by atoms with Gasteiger partial charge in [0.15, 0.2) is 0 Å². The number of methoxy groups -OCH3 is 1. The number of rotatable bonds is 8. The van der Waals surface area contributed by atoms with Gasteiger partial charge in [0.1, 0.15) is 10.6 Å². The predicted molar refractivity (Wildman–Crippen MR) is 114 cm³/mol. The minimum absolute atomic E-state index is 0.00347. The molecule has 0 aliphatic rings. The third-order valence-corrected chi connectivity index (χ3v) is 7.16. The molecule has 0 saturated carbocycles. The maximum absolute atomic E-state index is 12.6. The van der Waals surface area contributed by atoms with Crippen molar-refractivity contribution >= 4 is 31.4 Å². The van der Waals surface area contributed by atoms with Gasteiger partial charge < -0.3 is 4.74 Å². The highest BCUT2D eigenvalue weighted by Crippen LogP contribution is 2.22. The highest BCUT2D eigenvalue weighted by molar-refractivity contribution is 7.93. The molecule has 0 atom stereocenters. The van der Waals surface area contributed by atoms with Crippen molar-refractivity contribution in [1.29, 1.82) is 0 Å². The SMILES string of the molecule is CCn1cc(S(=O)(=O)Nc2ccc(S(=O)(=O)Nc3ccc(OC)cc3)cc2)c(C)n1. The number of nitrogens with zero attached hydrogens (tertiary/aromatic N) is 2. The Kier molecular flexibility index (Phi) is 6.04. The molecule has 0 aliphatic heterocycles. The summed E-state index contributed by atoms with van der Waals surface area (Å²) < 4.78 is 61.9. The lowest BCUT2D eigenvalue weighted by Gasteiger charge is -2.10. The van der Waals surface area contributed by atoms with Crippen LogP contribution in [0, 0.1) is 6.92 Å². The molecule has 0 fully saturated rings. The van der Waals surface area contributed by atoms with Crippen molar-refractivity contribution in [3.05, 3.63) is 60.4 Å². The van der Waals surface area contributed by atoms with E-state index in [0.717, 1.165) is 0 Å². The second kappa shape index (κ2) is 8.36. The van der Waals surface area contributed by atoms with Gasteiger partial charge in [-0.25, -0.2) is 16.8 Å². The molecule has 0 bridgehead atoms.